The fourth-order valence-corrected chi connectivity index (χ4v) is 0.982. The Hall–Kier alpha value is -1.53. The highest BCUT2D eigenvalue weighted by Crippen LogP contribution is 2.42. The standard InChI is InChI=1S/C6ClF4N3O/c7-6(11)4(10)1(8)3(13-14-12)2(9)5(6)15. The number of ketones is 1. The first-order chi connectivity index (χ1) is 6.84. The molecule has 0 fully saturated rings. The molecule has 0 bridgehead atoms. The molecule has 4 nitrogen and oxygen atoms in total. The molecule has 0 spiro atoms. The molecule has 0 saturated carbocycles. The molecule has 0 saturated heterocycles. The second-order valence-corrected chi connectivity index (χ2v) is 2.90. The molecule has 15 heavy (non-hydrogen) atoms. The van der Waals surface area contributed by atoms with Crippen LogP contribution in [-0.2, 0) is 4.79 Å². The van der Waals surface area contributed by atoms with Crippen LogP contribution >= 0.6 is 11.6 Å². The van der Waals surface area contributed by atoms with Crippen molar-refractivity contribution in [3.63, 3.8) is 0 Å². The summed E-state index contributed by atoms with van der Waals surface area (Å²) in [6.07, 6.45) is 0. The Morgan fingerprint density at radius 2 is 1.87 bits per heavy atom. The van der Waals surface area contributed by atoms with E-state index in [-0.39, 0.29) is 0 Å². The van der Waals surface area contributed by atoms with Crippen LogP contribution in [0.15, 0.2) is 28.3 Å². The van der Waals surface area contributed by atoms with E-state index in [1.54, 1.807) is 0 Å². The van der Waals surface area contributed by atoms with Gasteiger partial charge < -0.3 is 0 Å². The van der Waals surface area contributed by atoms with Gasteiger partial charge in [0.2, 0.25) is 0 Å². The molecular weight excluding hydrogens is 242 g/mol. The highest BCUT2D eigenvalue weighted by atomic mass is 35.5. The van der Waals surface area contributed by atoms with Crippen molar-refractivity contribution in [3.8, 4) is 0 Å². The van der Waals surface area contributed by atoms with Gasteiger partial charge in [0.15, 0.2) is 17.5 Å². The summed E-state index contributed by atoms with van der Waals surface area (Å²) in [5, 5.41) is -1.55. The van der Waals surface area contributed by atoms with E-state index in [1.165, 1.54) is 0 Å². The van der Waals surface area contributed by atoms with Gasteiger partial charge in [-0.05, 0) is 5.53 Å². The number of Topliss-reactive ketones (excluding diaryl/α,β-unsaturated/α-hetero) is 1. The van der Waals surface area contributed by atoms with E-state index in [1.807, 2.05) is 4.91 Å². The lowest BCUT2D eigenvalue weighted by molar-refractivity contribution is -0.123. The van der Waals surface area contributed by atoms with Gasteiger partial charge in [0.05, 0.1) is 0 Å². The third kappa shape index (κ3) is 1.57. The summed E-state index contributed by atoms with van der Waals surface area (Å²) in [6, 6.07) is 0. The Morgan fingerprint density at radius 1 is 1.33 bits per heavy atom. The molecule has 0 radical (unpaired) electrons. The van der Waals surface area contributed by atoms with Gasteiger partial charge in [0, 0.05) is 4.91 Å². The summed E-state index contributed by atoms with van der Waals surface area (Å²) in [5.74, 6) is -8.69. The zero-order valence-corrected chi connectivity index (χ0v) is 7.40. The maximum atomic E-state index is 12.9. The molecule has 80 valence electrons. The Bertz CT molecular complexity index is 449. The van der Waals surface area contributed by atoms with Crippen LogP contribution in [0.3, 0.4) is 0 Å². The highest BCUT2D eigenvalue weighted by molar-refractivity contribution is 6.38. The molecule has 9 heteroatoms. The lowest BCUT2D eigenvalue weighted by atomic mass is 10.1. The molecule has 1 aliphatic rings. The minimum atomic E-state index is -3.93. The number of azide groups is 1. The predicted molar refractivity (Wildman–Crippen MR) is 41.2 cm³/mol. The van der Waals surface area contributed by atoms with Crippen molar-refractivity contribution >= 4 is 17.4 Å². The Morgan fingerprint density at radius 3 is 2.33 bits per heavy atom. The fourth-order valence-electron chi connectivity index (χ4n) is 0.816. The minimum absolute atomic E-state index is 1.55. The number of halogens is 5. The van der Waals surface area contributed by atoms with Crippen LogP contribution in [0.25, 0.3) is 10.4 Å². The van der Waals surface area contributed by atoms with Gasteiger partial charge in [-0.2, -0.15) is 0 Å². The normalized spacial score (nSPS) is 26.9. The van der Waals surface area contributed by atoms with Gasteiger partial charge in [-0.25, -0.2) is 17.6 Å². The van der Waals surface area contributed by atoms with E-state index >= 15 is 0 Å². The van der Waals surface area contributed by atoms with Crippen molar-refractivity contribution in [2.45, 2.75) is 5.13 Å². The average Bonchev–Trinajstić information content (AvgIpc) is 2.20. The van der Waals surface area contributed by atoms with Crippen LogP contribution in [0.2, 0.25) is 0 Å². The van der Waals surface area contributed by atoms with E-state index in [0.717, 1.165) is 0 Å². The van der Waals surface area contributed by atoms with Gasteiger partial charge in [-0.15, -0.1) is 0 Å². The first-order valence-corrected chi connectivity index (χ1v) is 3.65. The largest absolute Gasteiger partial charge is 0.302 e. The Labute approximate surface area is 84.4 Å². The Balaban J connectivity index is 3.51. The van der Waals surface area contributed by atoms with E-state index in [2.05, 4.69) is 16.7 Å². The maximum Gasteiger partial charge on any atom is 0.302 e. The van der Waals surface area contributed by atoms with Gasteiger partial charge in [0.25, 0.3) is 5.78 Å². The molecule has 0 amide bonds. The quantitative estimate of drug-likeness (QED) is 0.229. The third-order valence-electron chi connectivity index (χ3n) is 1.51. The topological polar surface area (TPSA) is 65.8 Å². The second kappa shape index (κ2) is 3.56. The van der Waals surface area contributed by atoms with Crippen LogP contribution in [-0.4, -0.2) is 10.9 Å². The number of nitrogens with zero attached hydrogens (tertiary/aromatic N) is 3. The Kier molecular flexibility index (Phi) is 2.74. The summed E-state index contributed by atoms with van der Waals surface area (Å²) in [4.78, 5) is 12.7. The van der Waals surface area contributed by atoms with Crippen molar-refractivity contribution in [1.29, 1.82) is 0 Å². The number of alkyl halides is 2. The molecule has 1 aliphatic carbocycles. The zero-order chi connectivity index (χ0) is 11.8. The van der Waals surface area contributed by atoms with Crippen molar-refractivity contribution in [2.75, 3.05) is 0 Å². The molecule has 0 aromatic carbocycles. The van der Waals surface area contributed by atoms with Crippen LogP contribution in [0.4, 0.5) is 17.6 Å². The number of rotatable bonds is 1. The number of carbonyl (C=O) groups excluding carboxylic acids is 1. The second-order valence-electron chi connectivity index (χ2n) is 2.38. The third-order valence-corrected chi connectivity index (χ3v) is 1.85. The summed E-state index contributed by atoms with van der Waals surface area (Å²) >= 11 is 4.63. The van der Waals surface area contributed by atoms with E-state index in [9.17, 15) is 22.4 Å². The number of hydrogen-bond acceptors (Lipinski definition) is 2. The summed E-state index contributed by atoms with van der Waals surface area (Å²) in [5.41, 5.74) is 6.32. The van der Waals surface area contributed by atoms with Crippen LogP contribution < -0.4 is 0 Å². The SMILES string of the molecule is [N-]=[N+]=NC1=C(F)C(=O)C(F)(Cl)C(F)=C1F. The first kappa shape index (κ1) is 11.5. The average molecular weight is 242 g/mol. The summed E-state index contributed by atoms with van der Waals surface area (Å²) in [6.45, 7) is 0. The van der Waals surface area contributed by atoms with Gasteiger partial charge in [-0.3, -0.25) is 4.79 Å². The molecule has 0 N–H and O–H groups in total. The van der Waals surface area contributed by atoms with Gasteiger partial charge in [-0.1, -0.05) is 16.7 Å². The lowest BCUT2D eigenvalue weighted by Gasteiger charge is -2.18. The van der Waals surface area contributed by atoms with Gasteiger partial charge >= 0.3 is 5.13 Å². The molecule has 1 rings (SSSR count). The van der Waals surface area contributed by atoms with Crippen molar-refractivity contribution in [1.82, 2.24) is 0 Å². The predicted octanol–water partition coefficient (Wildman–Crippen LogP) is 3.12. The number of allylic oxidation sites excluding steroid dienone is 3. The smallest absolute Gasteiger partial charge is 0.286 e. The monoisotopic (exact) mass is 241 g/mol. The maximum absolute atomic E-state index is 12.9. The van der Waals surface area contributed by atoms with Crippen LogP contribution in [0, 0.1) is 0 Å². The molecule has 0 aliphatic heterocycles. The van der Waals surface area contributed by atoms with Crippen molar-refractivity contribution in [3.05, 3.63) is 33.6 Å². The summed E-state index contributed by atoms with van der Waals surface area (Å²) < 4.78 is 51.3. The van der Waals surface area contributed by atoms with E-state index < -0.39 is 34.1 Å². The van der Waals surface area contributed by atoms with Crippen molar-refractivity contribution < 1.29 is 22.4 Å². The van der Waals surface area contributed by atoms with E-state index in [0.29, 0.717) is 0 Å². The minimum Gasteiger partial charge on any atom is -0.286 e. The van der Waals surface area contributed by atoms with Crippen LogP contribution in [0.5, 0.6) is 0 Å². The lowest BCUT2D eigenvalue weighted by Crippen LogP contribution is -2.33. The zero-order valence-electron chi connectivity index (χ0n) is 6.64. The van der Waals surface area contributed by atoms with E-state index in [4.69, 9.17) is 5.53 Å². The number of hydrogen-bond donors (Lipinski definition) is 0. The fraction of sp³-hybridized carbons (Fsp3) is 0.167. The molecule has 1 unspecified atom stereocenters. The van der Waals surface area contributed by atoms with Crippen molar-refractivity contribution in [2.24, 2.45) is 5.11 Å². The number of carbonyl (C=O) groups is 1. The summed E-state index contributed by atoms with van der Waals surface area (Å²) in [7, 11) is 0. The van der Waals surface area contributed by atoms with Crippen LogP contribution in [0.1, 0.15) is 0 Å². The molecular formula is C6ClF4N3O. The molecule has 1 atom stereocenters. The first-order valence-electron chi connectivity index (χ1n) is 3.27. The highest BCUT2D eigenvalue weighted by Gasteiger charge is 2.51. The molecule has 0 aromatic heterocycles. The van der Waals surface area contributed by atoms with Gasteiger partial charge in [0.1, 0.15) is 5.70 Å². The molecule has 0 heterocycles. The molecule has 0 aromatic rings.